The zero-order valence-corrected chi connectivity index (χ0v) is 16.5. The molecular weight excluding hydrogens is 376 g/mol. The molecule has 1 N–H and O–H groups in total. The molecule has 4 rings (SSSR count). The number of nitrogens with zero attached hydrogens (tertiary/aromatic N) is 1. The third-order valence-corrected chi connectivity index (χ3v) is 5.13. The molecule has 1 aliphatic rings. The van der Waals surface area contributed by atoms with E-state index in [9.17, 15) is 4.79 Å². The molecule has 0 aliphatic heterocycles. The molecule has 0 spiro atoms. The van der Waals surface area contributed by atoms with E-state index in [0.29, 0.717) is 41.0 Å². The molecule has 0 atom stereocenters. The lowest BCUT2D eigenvalue weighted by Crippen LogP contribution is -2.34. The van der Waals surface area contributed by atoms with Gasteiger partial charge in [0.25, 0.3) is 0 Å². The number of rotatable bonds is 8. The van der Waals surface area contributed by atoms with E-state index < -0.39 is 5.41 Å². The molecule has 152 valence electrons. The van der Waals surface area contributed by atoms with Crippen LogP contribution in [0, 0.1) is 0 Å². The molecule has 0 bridgehead atoms. The Balaban J connectivity index is 1.49. The molecule has 0 unspecified atom stereocenters. The van der Waals surface area contributed by atoms with Crippen LogP contribution in [0.25, 0.3) is 11.5 Å². The van der Waals surface area contributed by atoms with Crippen LogP contribution in [0.5, 0.6) is 17.2 Å². The first-order chi connectivity index (χ1) is 14.1. The zero-order chi connectivity index (χ0) is 20.4. The first-order valence-corrected chi connectivity index (χ1v) is 9.19. The number of hydrogen-bond donors (Lipinski definition) is 1. The number of aromatic nitrogens is 1. The Hall–Kier alpha value is -3.42. The summed E-state index contributed by atoms with van der Waals surface area (Å²) in [6.45, 7) is 0.320. The molecular formula is C21H22N2O6. The Morgan fingerprint density at radius 1 is 1.10 bits per heavy atom. The smallest absolute Gasteiger partial charge is 0.232 e. The fraction of sp³-hybridized carbons (Fsp3) is 0.333. The summed E-state index contributed by atoms with van der Waals surface area (Å²) in [7, 11) is 4.66. The summed E-state index contributed by atoms with van der Waals surface area (Å²) in [4.78, 5) is 12.9. The molecule has 1 fully saturated rings. The Kier molecular flexibility index (Phi) is 4.92. The van der Waals surface area contributed by atoms with Crippen molar-refractivity contribution in [3.8, 4) is 28.8 Å². The quantitative estimate of drug-likeness (QED) is 0.622. The third kappa shape index (κ3) is 3.41. The van der Waals surface area contributed by atoms with Gasteiger partial charge in [-0.05, 0) is 42.7 Å². The molecule has 8 nitrogen and oxygen atoms in total. The van der Waals surface area contributed by atoms with Crippen LogP contribution >= 0.6 is 0 Å². The second-order valence-corrected chi connectivity index (χ2v) is 6.85. The number of carbonyl (C=O) groups is 1. The molecule has 3 aromatic rings. The molecule has 0 saturated heterocycles. The predicted octanol–water partition coefficient (Wildman–Crippen LogP) is 3.31. The normalized spacial score (nSPS) is 14.3. The van der Waals surface area contributed by atoms with E-state index in [-0.39, 0.29) is 5.91 Å². The summed E-state index contributed by atoms with van der Waals surface area (Å²) >= 11 is 0. The van der Waals surface area contributed by atoms with Crippen LogP contribution in [-0.4, -0.2) is 32.4 Å². The third-order valence-electron chi connectivity index (χ3n) is 5.13. The van der Waals surface area contributed by atoms with E-state index in [1.807, 2.05) is 12.1 Å². The molecule has 1 amide bonds. The van der Waals surface area contributed by atoms with Gasteiger partial charge in [0.05, 0.1) is 38.7 Å². The van der Waals surface area contributed by atoms with Crippen LogP contribution in [0.15, 0.2) is 45.5 Å². The maximum atomic E-state index is 12.9. The van der Waals surface area contributed by atoms with E-state index in [1.165, 1.54) is 0 Å². The summed E-state index contributed by atoms with van der Waals surface area (Å²) < 4.78 is 26.7. The van der Waals surface area contributed by atoms with Crippen molar-refractivity contribution in [3.05, 3.63) is 47.9 Å². The highest BCUT2D eigenvalue weighted by molar-refractivity contribution is 5.91. The van der Waals surface area contributed by atoms with Crippen LogP contribution in [0.3, 0.4) is 0 Å². The molecule has 1 aromatic carbocycles. The van der Waals surface area contributed by atoms with Crippen molar-refractivity contribution in [1.82, 2.24) is 10.5 Å². The Morgan fingerprint density at radius 2 is 1.83 bits per heavy atom. The first-order valence-electron chi connectivity index (χ1n) is 9.19. The number of furan rings is 1. The fourth-order valence-corrected chi connectivity index (χ4v) is 3.35. The van der Waals surface area contributed by atoms with Crippen molar-refractivity contribution in [3.63, 3.8) is 0 Å². The Morgan fingerprint density at radius 3 is 2.38 bits per heavy atom. The minimum Gasteiger partial charge on any atom is -0.493 e. The van der Waals surface area contributed by atoms with Gasteiger partial charge in [-0.1, -0.05) is 5.16 Å². The number of hydrogen-bond acceptors (Lipinski definition) is 7. The average Bonchev–Trinajstić information content (AvgIpc) is 3.16. The standard InChI is InChI=1S/C21H22N2O6/c1-25-16-9-13(10-17(26-2)19(16)27-3)12-22-20(24)21(6-7-21)18-11-15(29-23-18)14-5-4-8-28-14/h4-5,8-11H,6-7,12H2,1-3H3,(H,22,24). The van der Waals surface area contributed by atoms with Crippen molar-refractivity contribution in [2.24, 2.45) is 0 Å². The highest BCUT2D eigenvalue weighted by atomic mass is 16.5. The molecule has 2 heterocycles. The maximum Gasteiger partial charge on any atom is 0.232 e. The van der Waals surface area contributed by atoms with Crippen molar-refractivity contribution in [2.75, 3.05) is 21.3 Å². The van der Waals surface area contributed by atoms with Gasteiger partial charge in [0.1, 0.15) is 0 Å². The Labute approximate surface area is 167 Å². The maximum absolute atomic E-state index is 12.9. The first kappa shape index (κ1) is 18.9. The zero-order valence-electron chi connectivity index (χ0n) is 16.5. The largest absolute Gasteiger partial charge is 0.493 e. The second-order valence-electron chi connectivity index (χ2n) is 6.85. The van der Waals surface area contributed by atoms with Crippen molar-refractivity contribution in [2.45, 2.75) is 24.8 Å². The molecule has 1 aliphatic carbocycles. The van der Waals surface area contributed by atoms with Gasteiger partial charge in [-0.25, -0.2) is 0 Å². The topological polar surface area (TPSA) is 96.0 Å². The average molecular weight is 398 g/mol. The number of carbonyl (C=O) groups excluding carboxylic acids is 1. The minimum atomic E-state index is -0.658. The molecule has 1 saturated carbocycles. The van der Waals surface area contributed by atoms with Crippen molar-refractivity contribution in [1.29, 1.82) is 0 Å². The number of benzene rings is 1. The van der Waals surface area contributed by atoms with Gasteiger partial charge < -0.3 is 28.5 Å². The van der Waals surface area contributed by atoms with Crippen LogP contribution < -0.4 is 19.5 Å². The lowest BCUT2D eigenvalue weighted by atomic mass is 10.0. The predicted molar refractivity (Wildman–Crippen MR) is 103 cm³/mol. The van der Waals surface area contributed by atoms with E-state index in [0.717, 1.165) is 18.4 Å². The van der Waals surface area contributed by atoms with Crippen molar-refractivity contribution >= 4 is 5.91 Å². The number of nitrogens with one attached hydrogen (secondary N) is 1. The van der Waals surface area contributed by atoms with Crippen LogP contribution in [0.4, 0.5) is 0 Å². The summed E-state index contributed by atoms with van der Waals surface area (Å²) in [6, 6.07) is 8.95. The number of amides is 1. The summed E-state index contributed by atoms with van der Waals surface area (Å²) in [5.41, 5.74) is 0.793. The molecule has 29 heavy (non-hydrogen) atoms. The van der Waals surface area contributed by atoms with Crippen molar-refractivity contribution < 1.29 is 27.9 Å². The monoisotopic (exact) mass is 398 g/mol. The Bertz CT molecular complexity index is 979. The number of ether oxygens (including phenoxy) is 3. The van der Waals surface area contributed by atoms with Gasteiger partial charge in [0.15, 0.2) is 17.3 Å². The molecule has 8 heteroatoms. The van der Waals surface area contributed by atoms with Gasteiger partial charge in [0.2, 0.25) is 17.4 Å². The SMILES string of the molecule is COc1cc(CNC(=O)C2(c3cc(-c4ccco4)on3)CC2)cc(OC)c1OC. The second kappa shape index (κ2) is 7.54. The lowest BCUT2D eigenvalue weighted by Gasteiger charge is -2.16. The molecule has 0 radical (unpaired) electrons. The minimum absolute atomic E-state index is 0.0921. The summed E-state index contributed by atoms with van der Waals surface area (Å²) in [6.07, 6.45) is 3.00. The highest BCUT2D eigenvalue weighted by Gasteiger charge is 2.53. The van der Waals surface area contributed by atoms with E-state index >= 15 is 0 Å². The van der Waals surface area contributed by atoms with Gasteiger partial charge in [-0.3, -0.25) is 4.79 Å². The number of methoxy groups -OCH3 is 3. The van der Waals surface area contributed by atoms with Gasteiger partial charge in [0, 0.05) is 12.6 Å². The van der Waals surface area contributed by atoms with Gasteiger partial charge in [-0.2, -0.15) is 0 Å². The van der Waals surface area contributed by atoms with Gasteiger partial charge in [-0.15, -0.1) is 0 Å². The lowest BCUT2D eigenvalue weighted by molar-refractivity contribution is -0.123. The summed E-state index contributed by atoms with van der Waals surface area (Å²) in [5, 5.41) is 7.10. The van der Waals surface area contributed by atoms with Crippen LogP contribution in [0.2, 0.25) is 0 Å². The summed E-state index contributed by atoms with van der Waals surface area (Å²) in [5.74, 6) is 2.59. The van der Waals surface area contributed by atoms with Crippen LogP contribution in [0.1, 0.15) is 24.1 Å². The van der Waals surface area contributed by atoms with Gasteiger partial charge >= 0.3 is 0 Å². The molecule has 2 aromatic heterocycles. The fourth-order valence-electron chi connectivity index (χ4n) is 3.35. The van der Waals surface area contributed by atoms with Crippen LogP contribution in [-0.2, 0) is 16.8 Å². The van der Waals surface area contributed by atoms with E-state index in [1.54, 1.807) is 45.8 Å². The van der Waals surface area contributed by atoms with E-state index in [4.69, 9.17) is 23.2 Å². The highest BCUT2D eigenvalue weighted by Crippen LogP contribution is 2.48. The van der Waals surface area contributed by atoms with E-state index in [2.05, 4.69) is 10.5 Å².